The van der Waals surface area contributed by atoms with E-state index in [-0.39, 0.29) is 11.8 Å². The molecular weight excluding hydrogens is 326 g/mol. The van der Waals surface area contributed by atoms with Crippen LogP contribution in [0.4, 0.5) is 0 Å². The van der Waals surface area contributed by atoms with Crippen molar-refractivity contribution in [2.45, 2.75) is 19.8 Å². The molecule has 1 aliphatic heterocycles. The zero-order chi connectivity index (χ0) is 14.0. The molecule has 3 nitrogen and oxygen atoms in total. The summed E-state index contributed by atoms with van der Waals surface area (Å²) in [6.07, 6.45) is 1.82. The Morgan fingerprint density at radius 1 is 1.21 bits per heavy atom. The van der Waals surface area contributed by atoms with Crippen molar-refractivity contribution in [1.29, 1.82) is 0 Å². The third-order valence-corrected chi connectivity index (χ3v) is 4.15. The van der Waals surface area contributed by atoms with Crippen LogP contribution in [0.15, 0.2) is 22.7 Å². The fraction of sp³-hybridized carbons (Fsp3) is 0.429. The summed E-state index contributed by atoms with van der Waals surface area (Å²) < 4.78 is 0.817. The molecule has 0 fully saturated rings. The predicted molar refractivity (Wildman–Crippen MR) is 81.8 cm³/mol. The number of amides is 2. The van der Waals surface area contributed by atoms with Crippen LogP contribution in [0, 0.1) is 5.92 Å². The molecule has 0 saturated carbocycles. The summed E-state index contributed by atoms with van der Waals surface area (Å²) in [5, 5.41) is 0. The van der Waals surface area contributed by atoms with Crippen LogP contribution in [0.25, 0.3) is 0 Å². The topological polar surface area (TPSA) is 37.4 Å². The number of rotatable bonds is 5. The van der Waals surface area contributed by atoms with E-state index in [4.69, 9.17) is 0 Å². The Hall–Kier alpha value is -0.810. The van der Waals surface area contributed by atoms with E-state index in [0.29, 0.717) is 23.6 Å². The maximum Gasteiger partial charge on any atom is 0.261 e. The maximum atomic E-state index is 12.2. The number of halogens is 1. The highest BCUT2D eigenvalue weighted by atomic mass is 79.9. The Balaban J connectivity index is 2.10. The van der Waals surface area contributed by atoms with Crippen LogP contribution in [0.5, 0.6) is 0 Å². The van der Waals surface area contributed by atoms with Gasteiger partial charge in [0.2, 0.25) is 0 Å². The number of fused-ring (bicyclic) bond motifs is 1. The second kappa shape index (κ2) is 6.09. The number of imide groups is 1. The summed E-state index contributed by atoms with van der Waals surface area (Å²) in [6.45, 7) is 2.60. The molecule has 0 radical (unpaired) electrons. The molecule has 1 atom stereocenters. The lowest BCUT2D eigenvalue weighted by Crippen LogP contribution is -2.31. The number of hydrogen-bond acceptors (Lipinski definition) is 3. The van der Waals surface area contributed by atoms with E-state index in [1.807, 2.05) is 0 Å². The molecule has 1 unspecified atom stereocenters. The van der Waals surface area contributed by atoms with Gasteiger partial charge in [-0.2, -0.15) is 12.6 Å². The smallest absolute Gasteiger partial charge is 0.261 e. The molecule has 0 bridgehead atoms. The summed E-state index contributed by atoms with van der Waals surface area (Å²) in [4.78, 5) is 25.7. The van der Waals surface area contributed by atoms with Gasteiger partial charge in [0.15, 0.2) is 0 Å². The van der Waals surface area contributed by atoms with Gasteiger partial charge >= 0.3 is 0 Å². The Morgan fingerprint density at radius 3 is 2.58 bits per heavy atom. The Bertz CT molecular complexity index is 518. The minimum atomic E-state index is -0.181. The lowest BCUT2D eigenvalue weighted by atomic mass is 10.1. The van der Waals surface area contributed by atoms with Crippen LogP contribution in [0.2, 0.25) is 0 Å². The van der Waals surface area contributed by atoms with Gasteiger partial charge in [0.05, 0.1) is 11.1 Å². The maximum absolute atomic E-state index is 12.2. The Morgan fingerprint density at radius 2 is 1.89 bits per heavy atom. The molecule has 2 amide bonds. The highest BCUT2D eigenvalue weighted by molar-refractivity contribution is 9.10. The molecule has 1 aromatic carbocycles. The van der Waals surface area contributed by atoms with E-state index in [0.717, 1.165) is 23.1 Å². The summed E-state index contributed by atoms with van der Waals surface area (Å²) in [6, 6.07) is 5.21. The van der Waals surface area contributed by atoms with E-state index in [2.05, 4.69) is 35.5 Å². The lowest BCUT2D eigenvalue weighted by molar-refractivity contribution is 0.0646. The number of carbonyl (C=O) groups is 2. The van der Waals surface area contributed by atoms with Crippen LogP contribution in [-0.2, 0) is 0 Å². The van der Waals surface area contributed by atoms with Crippen molar-refractivity contribution in [2.75, 3.05) is 12.3 Å². The monoisotopic (exact) mass is 341 g/mol. The lowest BCUT2D eigenvalue weighted by Gasteiger charge is -2.16. The van der Waals surface area contributed by atoms with Crippen molar-refractivity contribution in [3.8, 4) is 0 Å². The highest BCUT2D eigenvalue weighted by Crippen LogP contribution is 2.26. The quantitative estimate of drug-likeness (QED) is 0.658. The minimum absolute atomic E-state index is 0.175. The van der Waals surface area contributed by atoms with Crippen molar-refractivity contribution in [3.63, 3.8) is 0 Å². The van der Waals surface area contributed by atoms with Crippen LogP contribution in [0.3, 0.4) is 0 Å². The van der Waals surface area contributed by atoms with E-state index < -0.39 is 0 Å². The number of benzene rings is 1. The number of thiol groups is 1. The summed E-state index contributed by atoms with van der Waals surface area (Å²) in [5.41, 5.74) is 1.01. The van der Waals surface area contributed by atoms with Gasteiger partial charge in [0.1, 0.15) is 0 Å². The van der Waals surface area contributed by atoms with Gasteiger partial charge in [0, 0.05) is 11.0 Å². The molecule has 19 heavy (non-hydrogen) atoms. The molecule has 0 spiro atoms. The zero-order valence-electron chi connectivity index (χ0n) is 10.7. The molecule has 1 aromatic rings. The predicted octanol–water partition coefficient (Wildman–Crippen LogP) is 3.39. The van der Waals surface area contributed by atoms with E-state index in [9.17, 15) is 9.59 Å². The molecule has 1 heterocycles. The molecule has 0 saturated heterocycles. The standard InChI is InChI=1S/C14H16BrNO2S/c1-9(5-7-19)4-6-16-13(17)11-3-2-10(15)8-12(11)14(16)18/h2-3,8-9,19H,4-7H2,1H3. The Kier molecular flexibility index (Phi) is 4.68. The molecule has 1 aliphatic rings. The van der Waals surface area contributed by atoms with Crippen molar-refractivity contribution in [3.05, 3.63) is 33.8 Å². The summed E-state index contributed by atoms with van der Waals surface area (Å²) in [7, 11) is 0. The molecule has 102 valence electrons. The van der Waals surface area contributed by atoms with Gasteiger partial charge in [-0.05, 0) is 42.7 Å². The number of hydrogen-bond donors (Lipinski definition) is 1. The average Bonchev–Trinajstić information content (AvgIpc) is 2.60. The highest BCUT2D eigenvalue weighted by Gasteiger charge is 2.35. The second-order valence-electron chi connectivity index (χ2n) is 4.86. The van der Waals surface area contributed by atoms with Crippen molar-refractivity contribution in [1.82, 2.24) is 4.90 Å². The van der Waals surface area contributed by atoms with Crippen molar-refractivity contribution < 1.29 is 9.59 Å². The van der Waals surface area contributed by atoms with E-state index in [1.54, 1.807) is 18.2 Å². The molecule has 5 heteroatoms. The molecular formula is C14H16BrNO2S. The van der Waals surface area contributed by atoms with Crippen molar-refractivity contribution in [2.24, 2.45) is 5.92 Å². The molecule has 0 N–H and O–H groups in total. The van der Waals surface area contributed by atoms with Gasteiger partial charge in [-0.1, -0.05) is 22.9 Å². The first-order valence-electron chi connectivity index (χ1n) is 6.31. The molecule has 0 aliphatic carbocycles. The van der Waals surface area contributed by atoms with Crippen LogP contribution < -0.4 is 0 Å². The van der Waals surface area contributed by atoms with Gasteiger partial charge in [0.25, 0.3) is 11.8 Å². The third-order valence-electron chi connectivity index (χ3n) is 3.40. The minimum Gasteiger partial charge on any atom is -0.274 e. The molecule has 0 aromatic heterocycles. The normalized spacial score (nSPS) is 15.8. The van der Waals surface area contributed by atoms with Crippen molar-refractivity contribution >= 4 is 40.4 Å². The second-order valence-corrected chi connectivity index (χ2v) is 6.22. The summed E-state index contributed by atoms with van der Waals surface area (Å²) >= 11 is 7.52. The van der Waals surface area contributed by atoms with Crippen LogP contribution >= 0.6 is 28.6 Å². The number of carbonyl (C=O) groups excluding carboxylic acids is 2. The zero-order valence-corrected chi connectivity index (χ0v) is 13.2. The SMILES string of the molecule is CC(CCS)CCN1C(=O)c2ccc(Br)cc2C1=O. The first-order chi connectivity index (χ1) is 9.04. The van der Waals surface area contributed by atoms with E-state index in [1.165, 1.54) is 4.90 Å². The average molecular weight is 342 g/mol. The van der Waals surface area contributed by atoms with Gasteiger partial charge in [-0.25, -0.2) is 0 Å². The van der Waals surface area contributed by atoms with Gasteiger partial charge in [-0.15, -0.1) is 0 Å². The van der Waals surface area contributed by atoms with E-state index >= 15 is 0 Å². The first-order valence-corrected chi connectivity index (χ1v) is 7.73. The van der Waals surface area contributed by atoms with Gasteiger partial charge in [-0.3, -0.25) is 14.5 Å². The Labute approximate surface area is 126 Å². The van der Waals surface area contributed by atoms with Gasteiger partial charge < -0.3 is 0 Å². The van der Waals surface area contributed by atoms with Crippen LogP contribution in [0.1, 0.15) is 40.5 Å². The fourth-order valence-electron chi connectivity index (χ4n) is 2.18. The molecule has 2 rings (SSSR count). The largest absolute Gasteiger partial charge is 0.274 e. The summed E-state index contributed by atoms with van der Waals surface area (Å²) in [5.74, 6) is 0.939. The fourth-order valence-corrected chi connectivity index (χ4v) is 2.98. The van der Waals surface area contributed by atoms with Crippen LogP contribution in [-0.4, -0.2) is 29.0 Å². The third kappa shape index (κ3) is 3.03. The first kappa shape index (κ1) is 14.6. The number of nitrogens with zero attached hydrogens (tertiary/aromatic N) is 1.